The lowest BCUT2D eigenvalue weighted by Crippen LogP contribution is -2.37. The van der Waals surface area contributed by atoms with Crippen molar-refractivity contribution in [3.8, 4) is 0 Å². The largest absolute Gasteiger partial charge is 0.434 e. The van der Waals surface area contributed by atoms with Crippen molar-refractivity contribution in [2.75, 3.05) is 13.1 Å². The Labute approximate surface area is 113 Å². The number of hydrogen-bond donors (Lipinski definition) is 2. The Kier molecular flexibility index (Phi) is 5.81. The number of halogens is 3. The van der Waals surface area contributed by atoms with Crippen LogP contribution < -0.4 is 10.6 Å². The van der Waals surface area contributed by atoms with Crippen molar-refractivity contribution in [1.82, 2.24) is 15.6 Å². The summed E-state index contributed by atoms with van der Waals surface area (Å²) in [7, 11) is 0. The minimum absolute atomic E-state index is 0.104. The molecule has 0 atom stereocenters. The van der Waals surface area contributed by atoms with Crippen molar-refractivity contribution < 1.29 is 13.2 Å². The van der Waals surface area contributed by atoms with Crippen LogP contribution in [-0.4, -0.2) is 24.0 Å². The first-order valence-electron chi connectivity index (χ1n) is 5.62. The standard InChI is InChI=1S/C11H15F3N4S/c1-3-5-16-10(15-4-2)17-6-9-18-8(7-19-9)11(12,13)14/h3,7H,1,4-6H2,2H3,(H2,15,16,17). The molecule has 0 saturated heterocycles. The van der Waals surface area contributed by atoms with Crippen LogP contribution in [0.15, 0.2) is 23.0 Å². The summed E-state index contributed by atoms with van der Waals surface area (Å²) in [6, 6.07) is 0. The van der Waals surface area contributed by atoms with Crippen molar-refractivity contribution >= 4 is 17.3 Å². The first-order valence-corrected chi connectivity index (χ1v) is 6.50. The van der Waals surface area contributed by atoms with E-state index in [1.807, 2.05) is 6.92 Å². The molecule has 1 aromatic heterocycles. The van der Waals surface area contributed by atoms with E-state index in [4.69, 9.17) is 0 Å². The maximum atomic E-state index is 12.4. The van der Waals surface area contributed by atoms with E-state index in [2.05, 4.69) is 27.2 Å². The smallest absolute Gasteiger partial charge is 0.357 e. The van der Waals surface area contributed by atoms with E-state index in [0.717, 1.165) is 16.7 Å². The predicted octanol–water partition coefficient (Wildman–Crippen LogP) is 2.40. The summed E-state index contributed by atoms with van der Waals surface area (Å²) in [6.45, 7) is 6.75. The lowest BCUT2D eigenvalue weighted by Gasteiger charge is -2.08. The van der Waals surface area contributed by atoms with Gasteiger partial charge >= 0.3 is 6.18 Å². The second-order valence-corrected chi connectivity index (χ2v) is 4.43. The molecule has 1 heterocycles. The van der Waals surface area contributed by atoms with Crippen LogP contribution in [0.5, 0.6) is 0 Å². The van der Waals surface area contributed by atoms with E-state index in [9.17, 15) is 13.2 Å². The van der Waals surface area contributed by atoms with Gasteiger partial charge in [0.2, 0.25) is 0 Å². The fourth-order valence-electron chi connectivity index (χ4n) is 1.17. The highest BCUT2D eigenvalue weighted by molar-refractivity contribution is 7.09. The fraction of sp³-hybridized carbons (Fsp3) is 0.455. The summed E-state index contributed by atoms with van der Waals surface area (Å²) in [5.74, 6) is 0.520. The van der Waals surface area contributed by atoms with Gasteiger partial charge in [0.1, 0.15) is 5.01 Å². The topological polar surface area (TPSA) is 49.3 Å². The van der Waals surface area contributed by atoms with E-state index in [-0.39, 0.29) is 6.54 Å². The van der Waals surface area contributed by atoms with Crippen LogP contribution in [0.1, 0.15) is 17.6 Å². The molecule has 0 aliphatic rings. The number of guanidine groups is 1. The molecule has 19 heavy (non-hydrogen) atoms. The molecule has 0 fully saturated rings. The molecular formula is C11H15F3N4S. The summed E-state index contributed by atoms with van der Waals surface area (Å²) in [6.07, 6.45) is -2.73. The van der Waals surface area contributed by atoms with Gasteiger partial charge in [-0.15, -0.1) is 17.9 Å². The third-order valence-corrected chi connectivity index (χ3v) is 2.81. The quantitative estimate of drug-likeness (QED) is 0.498. The lowest BCUT2D eigenvalue weighted by molar-refractivity contribution is -0.140. The van der Waals surface area contributed by atoms with E-state index < -0.39 is 11.9 Å². The monoisotopic (exact) mass is 292 g/mol. The molecule has 8 heteroatoms. The number of hydrogen-bond acceptors (Lipinski definition) is 3. The van der Waals surface area contributed by atoms with Crippen LogP contribution in [0.2, 0.25) is 0 Å². The second kappa shape index (κ2) is 7.13. The van der Waals surface area contributed by atoms with Gasteiger partial charge in [0.05, 0.1) is 6.54 Å². The average molecular weight is 292 g/mol. The Morgan fingerprint density at radius 1 is 1.53 bits per heavy atom. The highest BCUT2D eigenvalue weighted by Gasteiger charge is 2.33. The molecule has 106 valence electrons. The van der Waals surface area contributed by atoms with E-state index in [0.29, 0.717) is 24.1 Å². The highest BCUT2D eigenvalue weighted by atomic mass is 32.1. The van der Waals surface area contributed by atoms with Gasteiger partial charge in [0, 0.05) is 18.5 Å². The Balaban J connectivity index is 2.66. The van der Waals surface area contributed by atoms with Crippen molar-refractivity contribution in [2.45, 2.75) is 19.6 Å². The van der Waals surface area contributed by atoms with Crippen LogP contribution >= 0.6 is 11.3 Å². The Morgan fingerprint density at radius 3 is 2.79 bits per heavy atom. The first-order chi connectivity index (χ1) is 8.97. The van der Waals surface area contributed by atoms with Crippen molar-refractivity contribution in [3.05, 3.63) is 28.7 Å². The summed E-state index contributed by atoms with van der Waals surface area (Å²) in [4.78, 5) is 7.65. The molecule has 0 saturated carbocycles. The van der Waals surface area contributed by atoms with Crippen molar-refractivity contribution in [2.24, 2.45) is 4.99 Å². The maximum Gasteiger partial charge on any atom is 0.434 e. The van der Waals surface area contributed by atoms with Gasteiger partial charge in [-0.1, -0.05) is 6.08 Å². The zero-order chi connectivity index (χ0) is 14.3. The van der Waals surface area contributed by atoms with Gasteiger partial charge in [-0.3, -0.25) is 0 Å². The molecule has 4 nitrogen and oxygen atoms in total. The second-order valence-electron chi connectivity index (χ2n) is 3.49. The number of thiazole rings is 1. The lowest BCUT2D eigenvalue weighted by atomic mass is 10.5. The van der Waals surface area contributed by atoms with Crippen LogP contribution in [0.25, 0.3) is 0 Å². The summed E-state index contributed by atoms with van der Waals surface area (Å²) in [5, 5.41) is 7.24. The van der Waals surface area contributed by atoms with E-state index in [1.165, 1.54) is 0 Å². The number of rotatable bonds is 5. The van der Waals surface area contributed by atoms with Crippen LogP contribution in [0.3, 0.4) is 0 Å². The van der Waals surface area contributed by atoms with Gasteiger partial charge in [0.15, 0.2) is 11.7 Å². The Hall–Kier alpha value is -1.57. The molecule has 1 aromatic rings. The molecule has 1 rings (SSSR count). The number of nitrogens with zero attached hydrogens (tertiary/aromatic N) is 2. The minimum atomic E-state index is -4.40. The van der Waals surface area contributed by atoms with Gasteiger partial charge in [0.25, 0.3) is 0 Å². The van der Waals surface area contributed by atoms with E-state index >= 15 is 0 Å². The third kappa shape index (κ3) is 5.29. The van der Waals surface area contributed by atoms with Crippen LogP contribution in [-0.2, 0) is 12.7 Å². The highest BCUT2D eigenvalue weighted by Crippen LogP contribution is 2.30. The van der Waals surface area contributed by atoms with Crippen LogP contribution in [0.4, 0.5) is 13.2 Å². The fourth-order valence-corrected chi connectivity index (χ4v) is 1.90. The Bertz CT molecular complexity index is 439. The molecule has 0 bridgehead atoms. The zero-order valence-electron chi connectivity index (χ0n) is 10.4. The number of alkyl halides is 3. The SMILES string of the molecule is C=CCNC(=NCc1nc(C(F)(F)F)cs1)NCC. The average Bonchev–Trinajstić information content (AvgIpc) is 2.81. The third-order valence-electron chi connectivity index (χ3n) is 1.97. The molecule has 0 aromatic carbocycles. The molecule has 0 aliphatic heterocycles. The molecule has 0 radical (unpaired) electrons. The normalized spacial score (nSPS) is 12.3. The molecule has 0 spiro atoms. The zero-order valence-corrected chi connectivity index (χ0v) is 11.2. The number of aliphatic imine (C=N–C) groups is 1. The predicted molar refractivity (Wildman–Crippen MR) is 70.1 cm³/mol. The number of aromatic nitrogens is 1. The summed E-state index contributed by atoms with van der Waals surface area (Å²) < 4.78 is 37.1. The maximum absolute atomic E-state index is 12.4. The minimum Gasteiger partial charge on any atom is -0.357 e. The molecular weight excluding hydrogens is 277 g/mol. The van der Waals surface area contributed by atoms with Crippen molar-refractivity contribution in [1.29, 1.82) is 0 Å². The van der Waals surface area contributed by atoms with Gasteiger partial charge in [-0.25, -0.2) is 9.98 Å². The molecule has 2 N–H and O–H groups in total. The van der Waals surface area contributed by atoms with E-state index in [1.54, 1.807) is 6.08 Å². The van der Waals surface area contributed by atoms with Crippen LogP contribution in [0, 0.1) is 0 Å². The molecule has 0 aliphatic carbocycles. The summed E-state index contributed by atoms with van der Waals surface area (Å²) in [5.41, 5.74) is -0.869. The van der Waals surface area contributed by atoms with Gasteiger partial charge in [-0.2, -0.15) is 13.2 Å². The first kappa shape index (κ1) is 15.5. The Morgan fingerprint density at radius 2 is 2.26 bits per heavy atom. The molecule has 0 amide bonds. The molecule has 0 unspecified atom stereocenters. The van der Waals surface area contributed by atoms with Crippen molar-refractivity contribution in [3.63, 3.8) is 0 Å². The number of nitrogens with one attached hydrogen (secondary N) is 2. The van der Waals surface area contributed by atoms with Gasteiger partial charge < -0.3 is 10.6 Å². The summed E-state index contributed by atoms with van der Waals surface area (Å²) >= 11 is 0.946. The van der Waals surface area contributed by atoms with Gasteiger partial charge in [-0.05, 0) is 6.92 Å².